The van der Waals surface area contributed by atoms with Crippen molar-refractivity contribution in [2.24, 2.45) is 0 Å². The van der Waals surface area contributed by atoms with E-state index in [1.54, 1.807) is 24.3 Å². The average Bonchev–Trinajstić information content (AvgIpc) is 3.30. The van der Waals surface area contributed by atoms with Crippen LogP contribution in [-0.4, -0.2) is 54.1 Å². The molecule has 40 heavy (non-hydrogen) atoms. The Morgan fingerprint density at radius 3 is 2.33 bits per heavy atom. The molecule has 10 nitrogen and oxygen atoms in total. The fraction of sp³-hybridized carbons (Fsp3) is 0.259. The first-order chi connectivity index (χ1) is 19.0. The zero-order valence-electron chi connectivity index (χ0n) is 22.1. The van der Waals surface area contributed by atoms with Crippen LogP contribution in [0.15, 0.2) is 70.0 Å². The van der Waals surface area contributed by atoms with E-state index < -0.39 is 31.8 Å². The molecule has 0 aliphatic carbocycles. The number of hydrogen-bond acceptors (Lipinski definition) is 7. The molecule has 0 unspecified atom stereocenters. The maximum Gasteiger partial charge on any atom is 0.255 e. The zero-order chi connectivity index (χ0) is 29.1. The lowest BCUT2D eigenvalue weighted by Crippen LogP contribution is -2.35. The van der Waals surface area contributed by atoms with Gasteiger partial charge in [-0.2, -0.15) is 4.98 Å². The molecule has 4 rings (SSSR count). The number of fused-ring (bicyclic) bond motifs is 1. The molecule has 2 heterocycles. The molecule has 0 spiro atoms. The Hall–Kier alpha value is -3.81. The van der Waals surface area contributed by atoms with Gasteiger partial charge >= 0.3 is 0 Å². The van der Waals surface area contributed by atoms with Crippen LogP contribution < -0.4 is 14.3 Å². The topological polar surface area (TPSA) is 139 Å². The van der Waals surface area contributed by atoms with Crippen molar-refractivity contribution >= 4 is 42.9 Å². The molecule has 0 bridgehead atoms. The van der Waals surface area contributed by atoms with Crippen molar-refractivity contribution in [1.29, 1.82) is 0 Å². The molecule has 0 fully saturated rings. The van der Waals surface area contributed by atoms with Gasteiger partial charge in [0, 0.05) is 25.7 Å². The number of carbonyl (C=O) groups is 1. The van der Waals surface area contributed by atoms with Gasteiger partial charge in [-0.15, -0.1) is 0 Å². The van der Waals surface area contributed by atoms with Gasteiger partial charge < -0.3 is 9.73 Å². The molecule has 1 amide bonds. The number of nitrogens with one attached hydrogen (secondary N) is 2. The van der Waals surface area contributed by atoms with Gasteiger partial charge in [-0.05, 0) is 60.9 Å². The summed E-state index contributed by atoms with van der Waals surface area (Å²) in [6.07, 6.45) is 1.58. The van der Waals surface area contributed by atoms with Gasteiger partial charge in [0.1, 0.15) is 17.4 Å². The van der Waals surface area contributed by atoms with E-state index in [4.69, 9.17) is 4.42 Å². The van der Waals surface area contributed by atoms with Crippen molar-refractivity contribution in [1.82, 2.24) is 15.0 Å². The van der Waals surface area contributed by atoms with E-state index in [9.17, 15) is 26.0 Å². The van der Waals surface area contributed by atoms with Gasteiger partial charge in [-0.1, -0.05) is 25.1 Å². The van der Waals surface area contributed by atoms with Crippen LogP contribution in [0.25, 0.3) is 22.4 Å². The SMILES string of the molecule is CCc1cc2c(C(=O)NC)c(-c3ccc(F)cc3)oc2nc1N(CCCNS(=O)(=O)c1ccccc1)S(C)(=O)=O. The predicted molar refractivity (Wildman–Crippen MR) is 151 cm³/mol. The van der Waals surface area contributed by atoms with Crippen LogP contribution in [-0.2, 0) is 26.5 Å². The summed E-state index contributed by atoms with van der Waals surface area (Å²) in [6, 6.07) is 14.9. The van der Waals surface area contributed by atoms with Gasteiger partial charge in [-0.3, -0.25) is 9.10 Å². The van der Waals surface area contributed by atoms with Gasteiger partial charge in [0.25, 0.3) is 5.91 Å². The number of furan rings is 1. The molecule has 4 aromatic rings. The van der Waals surface area contributed by atoms with Crippen LogP contribution >= 0.6 is 0 Å². The number of aromatic nitrogens is 1. The summed E-state index contributed by atoms with van der Waals surface area (Å²) >= 11 is 0. The van der Waals surface area contributed by atoms with Crippen LogP contribution in [0.1, 0.15) is 29.3 Å². The summed E-state index contributed by atoms with van der Waals surface area (Å²) in [5.74, 6) is -0.612. The molecular formula is C27H29FN4O6S2. The highest BCUT2D eigenvalue weighted by Crippen LogP contribution is 2.36. The van der Waals surface area contributed by atoms with E-state index in [1.807, 2.05) is 6.92 Å². The van der Waals surface area contributed by atoms with Gasteiger partial charge in [0.05, 0.1) is 22.1 Å². The molecule has 0 radical (unpaired) electrons. The minimum atomic E-state index is -3.84. The third-order valence-corrected chi connectivity index (χ3v) is 8.83. The molecule has 0 saturated carbocycles. The number of carbonyl (C=O) groups excluding carboxylic acids is 1. The Balaban J connectivity index is 1.70. The lowest BCUT2D eigenvalue weighted by Gasteiger charge is -2.23. The molecular weight excluding hydrogens is 559 g/mol. The second kappa shape index (κ2) is 11.7. The van der Waals surface area contributed by atoms with Crippen molar-refractivity contribution in [3.63, 3.8) is 0 Å². The van der Waals surface area contributed by atoms with Crippen molar-refractivity contribution in [2.75, 3.05) is 30.7 Å². The fourth-order valence-electron chi connectivity index (χ4n) is 4.23. The highest BCUT2D eigenvalue weighted by molar-refractivity contribution is 7.92. The first-order valence-corrected chi connectivity index (χ1v) is 15.8. The van der Waals surface area contributed by atoms with Crippen molar-refractivity contribution in [3.8, 4) is 11.3 Å². The second-order valence-electron chi connectivity index (χ2n) is 8.97. The summed E-state index contributed by atoms with van der Waals surface area (Å²) in [4.78, 5) is 17.5. The molecule has 0 saturated heterocycles. The number of aryl methyl sites for hydroxylation is 1. The molecule has 0 aliphatic rings. The summed E-state index contributed by atoms with van der Waals surface area (Å²) in [6.45, 7) is 1.75. The van der Waals surface area contributed by atoms with Crippen molar-refractivity contribution in [3.05, 3.63) is 77.6 Å². The maximum absolute atomic E-state index is 13.5. The predicted octanol–water partition coefficient (Wildman–Crippen LogP) is 3.69. The molecule has 0 aliphatic heterocycles. The molecule has 2 N–H and O–H groups in total. The molecule has 0 atom stereocenters. The maximum atomic E-state index is 13.5. The normalized spacial score (nSPS) is 12.0. The Morgan fingerprint density at radius 2 is 1.73 bits per heavy atom. The number of pyridine rings is 1. The van der Waals surface area contributed by atoms with Crippen LogP contribution in [0.2, 0.25) is 0 Å². The van der Waals surface area contributed by atoms with E-state index in [1.165, 1.54) is 43.4 Å². The molecule has 212 valence electrons. The van der Waals surface area contributed by atoms with Crippen LogP contribution in [0.5, 0.6) is 0 Å². The average molecular weight is 589 g/mol. The van der Waals surface area contributed by atoms with Crippen LogP contribution in [0.4, 0.5) is 10.2 Å². The molecule has 2 aromatic heterocycles. The van der Waals surface area contributed by atoms with Gasteiger partial charge in [0.15, 0.2) is 0 Å². The van der Waals surface area contributed by atoms with Crippen molar-refractivity contribution < 1.29 is 30.4 Å². The second-order valence-corrected chi connectivity index (χ2v) is 12.6. The zero-order valence-corrected chi connectivity index (χ0v) is 23.8. The lowest BCUT2D eigenvalue weighted by molar-refractivity contribution is 0.0964. The number of anilines is 1. The van der Waals surface area contributed by atoms with E-state index in [2.05, 4.69) is 15.0 Å². The number of amides is 1. The third-order valence-electron chi connectivity index (χ3n) is 6.20. The smallest absolute Gasteiger partial charge is 0.255 e. The molecule has 2 aromatic carbocycles. The summed E-state index contributed by atoms with van der Waals surface area (Å²) in [5.41, 5.74) is 1.21. The van der Waals surface area contributed by atoms with Gasteiger partial charge in [0.2, 0.25) is 25.8 Å². The van der Waals surface area contributed by atoms with E-state index in [0.29, 0.717) is 22.9 Å². The minimum Gasteiger partial charge on any atom is -0.437 e. The number of nitrogens with zero attached hydrogens (tertiary/aromatic N) is 2. The fourth-order valence-corrected chi connectivity index (χ4v) is 6.26. The minimum absolute atomic E-state index is 0.0107. The van der Waals surface area contributed by atoms with Crippen LogP contribution in [0.3, 0.4) is 0 Å². The third kappa shape index (κ3) is 6.16. The monoisotopic (exact) mass is 588 g/mol. The Morgan fingerprint density at radius 1 is 1.05 bits per heavy atom. The number of hydrogen-bond donors (Lipinski definition) is 2. The largest absolute Gasteiger partial charge is 0.437 e. The number of sulfonamides is 2. The first kappa shape index (κ1) is 29.2. The van der Waals surface area contributed by atoms with E-state index in [-0.39, 0.29) is 47.3 Å². The summed E-state index contributed by atoms with van der Waals surface area (Å²) in [5, 5.41) is 2.95. The Bertz CT molecular complexity index is 1740. The summed E-state index contributed by atoms with van der Waals surface area (Å²) < 4.78 is 73.8. The highest BCUT2D eigenvalue weighted by atomic mass is 32.2. The summed E-state index contributed by atoms with van der Waals surface area (Å²) in [7, 11) is -6.12. The lowest BCUT2D eigenvalue weighted by atomic mass is 10.0. The standard InChI is InChI=1S/C27H29FN4O6S2/c1-4-18-17-22-23(26(33)29-2)24(19-11-13-20(28)14-12-19)38-27(22)31-25(18)32(39(3,34)35)16-8-15-30-40(36,37)21-9-6-5-7-10-21/h5-7,9-14,17,30H,4,8,15-16H2,1-3H3,(H,29,33). The Kier molecular flexibility index (Phi) is 8.57. The molecule has 13 heteroatoms. The first-order valence-electron chi connectivity index (χ1n) is 12.4. The number of rotatable bonds is 11. The Labute approximate surface area is 232 Å². The van der Waals surface area contributed by atoms with Gasteiger partial charge in [-0.25, -0.2) is 25.9 Å². The quantitative estimate of drug-likeness (QED) is 0.255. The van der Waals surface area contributed by atoms with Crippen molar-refractivity contribution in [2.45, 2.75) is 24.7 Å². The highest BCUT2D eigenvalue weighted by Gasteiger charge is 2.27. The van der Waals surface area contributed by atoms with E-state index >= 15 is 0 Å². The van der Waals surface area contributed by atoms with Crippen LogP contribution in [0, 0.1) is 5.82 Å². The number of halogens is 1. The van der Waals surface area contributed by atoms with E-state index in [0.717, 1.165) is 10.6 Å². The number of benzene rings is 2.